The largest absolute Gasteiger partial charge is 0.382 e. The van der Waals surface area contributed by atoms with Crippen molar-refractivity contribution in [3.05, 3.63) is 29.3 Å². The van der Waals surface area contributed by atoms with Gasteiger partial charge >= 0.3 is 0 Å². The number of aromatic nitrogens is 2. The van der Waals surface area contributed by atoms with E-state index < -0.39 is 0 Å². The number of thiophene rings is 1. The Morgan fingerprint density at radius 2 is 2.23 bits per heavy atom. The standard InChI is InChI=1S/C9H9N3S/c1-6-7(5-9(10)12-11-6)8-3-2-4-13-8/h2-5H,1H3,(H2,10,12). The molecule has 0 aromatic carbocycles. The molecule has 0 atom stereocenters. The summed E-state index contributed by atoms with van der Waals surface area (Å²) in [6.45, 7) is 1.93. The van der Waals surface area contributed by atoms with E-state index in [9.17, 15) is 0 Å². The predicted octanol–water partition coefficient (Wildman–Crippen LogP) is 2.10. The number of hydrogen-bond donors (Lipinski definition) is 1. The smallest absolute Gasteiger partial charge is 0.146 e. The van der Waals surface area contributed by atoms with Crippen LogP contribution in [0.2, 0.25) is 0 Å². The van der Waals surface area contributed by atoms with Crippen LogP contribution in [0.25, 0.3) is 10.4 Å². The van der Waals surface area contributed by atoms with Gasteiger partial charge in [0.05, 0.1) is 5.69 Å². The monoisotopic (exact) mass is 191 g/mol. The van der Waals surface area contributed by atoms with Crippen LogP contribution in [0.5, 0.6) is 0 Å². The quantitative estimate of drug-likeness (QED) is 0.751. The first-order valence-corrected chi connectivity index (χ1v) is 4.79. The first-order valence-electron chi connectivity index (χ1n) is 3.91. The average molecular weight is 191 g/mol. The number of nitrogens with zero attached hydrogens (tertiary/aromatic N) is 2. The van der Waals surface area contributed by atoms with Gasteiger partial charge in [-0.3, -0.25) is 0 Å². The maximum Gasteiger partial charge on any atom is 0.146 e. The molecule has 0 spiro atoms. The van der Waals surface area contributed by atoms with E-state index in [2.05, 4.69) is 10.2 Å². The van der Waals surface area contributed by atoms with E-state index in [0.717, 1.165) is 11.3 Å². The van der Waals surface area contributed by atoms with Gasteiger partial charge in [0.2, 0.25) is 0 Å². The minimum absolute atomic E-state index is 0.467. The molecule has 0 aliphatic rings. The molecule has 2 heterocycles. The van der Waals surface area contributed by atoms with Crippen molar-refractivity contribution in [2.45, 2.75) is 6.92 Å². The number of nitrogen functional groups attached to an aromatic ring is 1. The Morgan fingerprint density at radius 1 is 1.38 bits per heavy atom. The van der Waals surface area contributed by atoms with Crippen LogP contribution in [0.1, 0.15) is 5.69 Å². The fraction of sp³-hybridized carbons (Fsp3) is 0.111. The first kappa shape index (κ1) is 8.19. The van der Waals surface area contributed by atoms with Crippen LogP contribution >= 0.6 is 11.3 Å². The molecular formula is C9H9N3S. The van der Waals surface area contributed by atoms with Gasteiger partial charge in [0.1, 0.15) is 5.82 Å². The van der Waals surface area contributed by atoms with Gasteiger partial charge in [-0.25, -0.2) is 0 Å². The molecule has 0 aliphatic heterocycles. The maximum atomic E-state index is 5.56. The van der Waals surface area contributed by atoms with Gasteiger partial charge in [-0.15, -0.1) is 16.4 Å². The highest BCUT2D eigenvalue weighted by Crippen LogP contribution is 2.26. The van der Waals surface area contributed by atoms with E-state index in [0.29, 0.717) is 5.82 Å². The molecule has 4 heteroatoms. The Labute approximate surface area is 80.2 Å². The van der Waals surface area contributed by atoms with Crippen LogP contribution < -0.4 is 5.73 Å². The SMILES string of the molecule is Cc1nnc(N)cc1-c1cccs1. The van der Waals surface area contributed by atoms with Gasteiger partial charge in [0, 0.05) is 10.4 Å². The second-order valence-corrected chi connectivity index (χ2v) is 3.69. The van der Waals surface area contributed by atoms with E-state index in [-0.39, 0.29) is 0 Å². The molecule has 0 unspecified atom stereocenters. The fourth-order valence-electron chi connectivity index (χ4n) is 1.15. The van der Waals surface area contributed by atoms with Crippen molar-refractivity contribution in [1.82, 2.24) is 10.2 Å². The Bertz CT molecular complexity index is 409. The summed E-state index contributed by atoms with van der Waals surface area (Å²) in [4.78, 5) is 1.18. The van der Waals surface area contributed by atoms with E-state index >= 15 is 0 Å². The molecule has 0 radical (unpaired) electrons. The zero-order valence-corrected chi connectivity index (χ0v) is 8.01. The topological polar surface area (TPSA) is 51.8 Å². The summed E-state index contributed by atoms with van der Waals surface area (Å²) in [5, 5.41) is 9.78. The zero-order chi connectivity index (χ0) is 9.26. The summed E-state index contributed by atoms with van der Waals surface area (Å²) >= 11 is 1.68. The summed E-state index contributed by atoms with van der Waals surface area (Å²) in [5.74, 6) is 0.467. The van der Waals surface area contributed by atoms with Gasteiger partial charge in [0.25, 0.3) is 0 Å². The van der Waals surface area contributed by atoms with Crippen molar-refractivity contribution in [1.29, 1.82) is 0 Å². The third-order valence-electron chi connectivity index (χ3n) is 1.78. The molecule has 0 saturated carbocycles. The normalized spacial score (nSPS) is 10.2. The number of anilines is 1. The Morgan fingerprint density at radius 3 is 2.92 bits per heavy atom. The van der Waals surface area contributed by atoms with E-state index in [4.69, 9.17) is 5.73 Å². The van der Waals surface area contributed by atoms with Gasteiger partial charge < -0.3 is 5.73 Å². The van der Waals surface area contributed by atoms with Crippen molar-refractivity contribution in [2.75, 3.05) is 5.73 Å². The molecule has 0 saturated heterocycles. The molecule has 0 fully saturated rings. The molecule has 0 bridgehead atoms. The molecule has 0 aliphatic carbocycles. The van der Waals surface area contributed by atoms with Crippen LogP contribution in [0, 0.1) is 6.92 Å². The van der Waals surface area contributed by atoms with Crippen molar-refractivity contribution < 1.29 is 0 Å². The molecule has 2 aromatic rings. The van der Waals surface area contributed by atoms with Gasteiger partial charge in [-0.05, 0) is 24.4 Å². The fourth-order valence-corrected chi connectivity index (χ4v) is 1.94. The van der Waals surface area contributed by atoms with Gasteiger partial charge in [0.15, 0.2) is 0 Å². The summed E-state index contributed by atoms with van der Waals surface area (Å²) in [6, 6.07) is 5.92. The molecule has 2 N–H and O–H groups in total. The van der Waals surface area contributed by atoms with Gasteiger partial charge in [-0.1, -0.05) is 6.07 Å². The molecule has 0 amide bonds. The highest BCUT2D eigenvalue weighted by atomic mass is 32.1. The van der Waals surface area contributed by atoms with Crippen LogP contribution in [0.3, 0.4) is 0 Å². The second-order valence-electron chi connectivity index (χ2n) is 2.75. The third kappa shape index (κ3) is 1.53. The highest BCUT2D eigenvalue weighted by molar-refractivity contribution is 7.13. The number of hydrogen-bond acceptors (Lipinski definition) is 4. The van der Waals surface area contributed by atoms with Crippen molar-refractivity contribution in [3.63, 3.8) is 0 Å². The van der Waals surface area contributed by atoms with Crippen molar-refractivity contribution in [2.24, 2.45) is 0 Å². The summed E-state index contributed by atoms with van der Waals surface area (Å²) in [6.07, 6.45) is 0. The van der Waals surface area contributed by atoms with Gasteiger partial charge in [-0.2, -0.15) is 5.10 Å². The van der Waals surface area contributed by atoms with E-state index in [1.807, 2.05) is 30.5 Å². The lowest BCUT2D eigenvalue weighted by Crippen LogP contribution is -1.96. The lowest BCUT2D eigenvalue weighted by molar-refractivity contribution is 0.994. The first-order chi connectivity index (χ1) is 6.27. The van der Waals surface area contributed by atoms with Crippen molar-refractivity contribution in [3.8, 4) is 10.4 Å². The summed E-state index contributed by atoms with van der Waals surface area (Å²) < 4.78 is 0. The molecule has 3 nitrogen and oxygen atoms in total. The number of nitrogens with two attached hydrogens (primary N) is 1. The minimum Gasteiger partial charge on any atom is -0.382 e. The van der Waals surface area contributed by atoms with E-state index in [1.54, 1.807) is 11.3 Å². The average Bonchev–Trinajstić information content (AvgIpc) is 2.61. The van der Waals surface area contributed by atoms with Crippen molar-refractivity contribution >= 4 is 17.2 Å². The minimum atomic E-state index is 0.467. The van der Waals surface area contributed by atoms with Crippen LogP contribution in [0.15, 0.2) is 23.6 Å². The van der Waals surface area contributed by atoms with E-state index in [1.165, 1.54) is 4.88 Å². The summed E-state index contributed by atoms with van der Waals surface area (Å²) in [7, 11) is 0. The molecule has 13 heavy (non-hydrogen) atoms. The molecule has 2 aromatic heterocycles. The lowest BCUT2D eigenvalue weighted by Gasteiger charge is -2.01. The Kier molecular flexibility index (Phi) is 1.98. The summed E-state index contributed by atoms with van der Waals surface area (Å²) in [5.41, 5.74) is 7.55. The zero-order valence-electron chi connectivity index (χ0n) is 7.19. The number of rotatable bonds is 1. The number of aryl methyl sites for hydroxylation is 1. The lowest BCUT2D eigenvalue weighted by atomic mass is 10.2. The third-order valence-corrected chi connectivity index (χ3v) is 2.69. The Hall–Kier alpha value is -1.42. The highest BCUT2D eigenvalue weighted by Gasteiger charge is 2.04. The van der Waals surface area contributed by atoms with Crippen LogP contribution in [-0.2, 0) is 0 Å². The predicted molar refractivity (Wildman–Crippen MR) is 54.5 cm³/mol. The van der Waals surface area contributed by atoms with Crippen LogP contribution in [0.4, 0.5) is 5.82 Å². The molecular weight excluding hydrogens is 182 g/mol. The van der Waals surface area contributed by atoms with Crippen LogP contribution in [-0.4, -0.2) is 10.2 Å². The second kappa shape index (κ2) is 3.14. The maximum absolute atomic E-state index is 5.56. The Balaban J connectivity index is 2.57. The molecule has 2 rings (SSSR count). The molecule has 66 valence electrons.